The van der Waals surface area contributed by atoms with Gasteiger partial charge in [0.05, 0.1) is 16.5 Å². The third-order valence-corrected chi connectivity index (χ3v) is 2.91. The van der Waals surface area contributed by atoms with E-state index in [-0.39, 0.29) is 18.2 Å². The quantitative estimate of drug-likeness (QED) is 0.812. The Hall–Kier alpha value is -1.26. The van der Waals surface area contributed by atoms with Crippen LogP contribution in [0.15, 0.2) is 18.2 Å². The van der Waals surface area contributed by atoms with Crippen molar-refractivity contribution in [2.24, 2.45) is 0 Å². The number of rotatable bonds is 5. The molecule has 0 aliphatic heterocycles. The van der Waals surface area contributed by atoms with E-state index < -0.39 is 0 Å². The molecule has 0 radical (unpaired) electrons. The van der Waals surface area contributed by atoms with Crippen LogP contribution in [0.2, 0.25) is 10.0 Å². The van der Waals surface area contributed by atoms with Crippen LogP contribution in [0.4, 0.5) is 0 Å². The molecule has 0 aliphatic carbocycles. The molecule has 0 unspecified atom stereocenters. The van der Waals surface area contributed by atoms with E-state index in [0.29, 0.717) is 23.1 Å². The molecule has 2 amide bonds. The Labute approximate surface area is 116 Å². The molecule has 0 saturated heterocycles. The van der Waals surface area contributed by atoms with Gasteiger partial charge in [-0.15, -0.1) is 0 Å². The van der Waals surface area contributed by atoms with Gasteiger partial charge in [0.2, 0.25) is 11.8 Å². The third-order valence-electron chi connectivity index (χ3n) is 2.17. The van der Waals surface area contributed by atoms with E-state index in [2.05, 4.69) is 10.6 Å². The summed E-state index contributed by atoms with van der Waals surface area (Å²) in [5, 5.41) is 6.18. The van der Waals surface area contributed by atoms with E-state index in [1.54, 1.807) is 18.2 Å². The summed E-state index contributed by atoms with van der Waals surface area (Å²) >= 11 is 11.6. The molecule has 98 valence electrons. The van der Waals surface area contributed by atoms with Crippen molar-refractivity contribution in [2.75, 3.05) is 13.1 Å². The molecule has 0 fully saturated rings. The highest BCUT2D eigenvalue weighted by atomic mass is 35.5. The van der Waals surface area contributed by atoms with Gasteiger partial charge in [-0.1, -0.05) is 29.3 Å². The zero-order chi connectivity index (χ0) is 13.5. The number of nitrogens with one attached hydrogen (secondary N) is 2. The minimum absolute atomic E-state index is 0.117. The molecule has 0 aromatic heterocycles. The molecule has 0 aliphatic rings. The summed E-state index contributed by atoms with van der Waals surface area (Å²) in [6.07, 6.45) is 0.233. The second-order valence-electron chi connectivity index (χ2n) is 3.76. The van der Waals surface area contributed by atoms with Crippen LogP contribution in [-0.4, -0.2) is 24.9 Å². The molecule has 18 heavy (non-hydrogen) atoms. The molecule has 0 saturated carbocycles. The fraction of sp³-hybridized carbons (Fsp3) is 0.333. The molecule has 0 spiro atoms. The first-order valence-electron chi connectivity index (χ1n) is 5.44. The van der Waals surface area contributed by atoms with Gasteiger partial charge in [0.25, 0.3) is 0 Å². The van der Waals surface area contributed by atoms with E-state index in [4.69, 9.17) is 23.2 Å². The average Bonchev–Trinajstić information content (AvgIpc) is 2.29. The largest absolute Gasteiger partial charge is 0.355 e. The van der Waals surface area contributed by atoms with Gasteiger partial charge in [0.1, 0.15) is 0 Å². The van der Waals surface area contributed by atoms with E-state index in [1.165, 1.54) is 6.92 Å². The van der Waals surface area contributed by atoms with Crippen LogP contribution in [-0.2, 0) is 16.0 Å². The Morgan fingerprint density at radius 2 is 1.78 bits per heavy atom. The molecule has 1 rings (SSSR count). The van der Waals surface area contributed by atoms with Crippen LogP contribution in [0.3, 0.4) is 0 Å². The summed E-state index contributed by atoms with van der Waals surface area (Å²) in [6.45, 7) is 2.25. The van der Waals surface area contributed by atoms with Crippen molar-refractivity contribution >= 4 is 35.0 Å². The van der Waals surface area contributed by atoms with Crippen LogP contribution in [0.5, 0.6) is 0 Å². The maximum absolute atomic E-state index is 11.6. The molecule has 1 aromatic rings. The van der Waals surface area contributed by atoms with Gasteiger partial charge in [-0.2, -0.15) is 0 Å². The number of carbonyl (C=O) groups excluding carboxylic acids is 2. The zero-order valence-corrected chi connectivity index (χ0v) is 11.4. The molecule has 2 N–H and O–H groups in total. The van der Waals surface area contributed by atoms with Crippen molar-refractivity contribution in [3.63, 3.8) is 0 Å². The second kappa shape index (κ2) is 7.24. The first-order valence-corrected chi connectivity index (χ1v) is 6.19. The summed E-state index contributed by atoms with van der Waals surface area (Å²) in [7, 11) is 0. The topological polar surface area (TPSA) is 58.2 Å². The number of carbonyl (C=O) groups is 2. The Balaban J connectivity index is 2.35. The Bertz CT molecular complexity index is 450. The van der Waals surface area contributed by atoms with Crippen molar-refractivity contribution in [1.82, 2.24) is 10.6 Å². The van der Waals surface area contributed by atoms with Crippen molar-refractivity contribution in [1.29, 1.82) is 0 Å². The first-order chi connectivity index (χ1) is 8.49. The van der Waals surface area contributed by atoms with Crippen LogP contribution in [0.25, 0.3) is 0 Å². The van der Waals surface area contributed by atoms with Crippen molar-refractivity contribution in [3.8, 4) is 0 Å². The maximum atomic E-state index is 11.6. The summed E-state index contributed by atoms with van der Waals surface area (Å²) in [6, 6.07) is 5.07. The monoisotopic (exact) mass is 288 g/mol. The lowest BCUT2D eigenvalue weighted by Crippen LogP contribution is -2.34. The van der Waals surface area contributed by atoms with E-state index in [1.807, 2.05) is 0 Å². The number of hydrogen-bond acceptors (Lipinski definition) is 2. The Kier molecular flexibility index (Phi) is 5.95. The Morgan fingerprint density at radius 3 is 2.39 bits per heavy atom. The van der Waals surface area contributed by atoms with E-state index in [9.17, 15) is 9.59 Å². The van der Waals surface area contributed by atoms with Crippen LogP contribution >= 0.6 is 23.2 Å². The van der Waals surface area contributed by atoms with E-state index in [0.717, 1.165) is 5.56 Å². The fourth-order valence-electron chi connectivity index (χ4n) is 1.34. The SMILES string of the molecule is CC(=O)NCCNC(=O)Cc1ccc(Cl)c(Cl)c1. The molecular weight excluding hydrogens is 275 g/mol. The minimum Gasteiger partial charge on any atom is -0.355 e. The van der Waals surface area contributed by atoms with Gasteiger partial charge in [0, 0.05) is 20.0 Å². The minimum atomic E-state index is -0.126. The summed E-state index contributed by atoms with van der Waals surface area (Å²) in [5.41, 5.74) is 0.793. The van der Waals surface area contributed by atoms with Crippen molar-refractivity contribution in [3.05, 3.63) is 33.8 Å². The molecule has 0 bridgehead atoms. The second-order valence-corrected chi connectivity index (χ2v) is 4.57. The number of halogens is 2. The normalized spacial score (nSPS) is 9.94. The summed E-state index contributed by atoms with van der Waals surface area (Å²) < 4.78 is 0. The standard InChI is InChI=1S/C12H14Cl2N2O2/c1-8(17)15-4-5-16-12(18)7-9-2-3-10(13)11(14)6-9/h2-3,6H,4-5,7H2,1H3,(H,15,17)(H,16,18). The lowest BCUT2D eigenvalue weighted by Gasteiger charge is -2.06. The Morgan fingerprint density at radius 1 is 1.11 bits per heavy atom. The molecule has 6 heteroatoms. The van der Waals surface area contributed by atoms with Crippen LogP contribution < -0.4 is 10.6 Å². The van der Waals surface area contributed by atoms with E-state index >= 15 is 0 Å². The first kappa shape index (κ1) is 14.8. The molecule has 0 atom stereocenters. The van der Waals surface area contributed by atoms with Crippen LogP contribution in [0.1, 0.15) is 12.5 Å². The lowest BCUT2D eigenvalue weighted by atomic mass is 10.1. The van der Waals surface area contributed by atoms with Gasteiger partial charge in [-0.05, 0) is 17.7 Å². The van der Waals surface area contributed by atoms with Gasteiger partial charge < -0.3 is 10.6 Å². The van der Waals surface area contributed by atoms with Gasteiger partial charge in [0.15, 0.2) is 0 Å². The highest BCUT2D eigenvalue weighted by Gasteiger charge is 2.05. The molecular formula is C12H14Cl2N2O2. The molecule has 0 heterocycles. The highest BCUT2D eigenvalue weighted by Crippen LogP contribution is 2.22. The molecule has 4 nitrogen and oxygen atoms in total. The highest BCUT2D eigenvalue weighted by molar-refractivity contribution is 6.42. The fourth-order valence-corrected chi connectivity index (χ4v) is 1.66. The predicted octanol–water partition coefficient (Wildman–Crippen LogP) is 1.79. The average molecular weight is 289 g/mol. The van der Waals surface area contributed by atoms with Gasteiger partial charge in [-0.3, -0.25) is 9.59 Å². The number of benzene rings is 1. The summed E-state index contributed by atoms with van der Waals surface area (Å²) in [5.74, 6) is -0.243. The maximum Gasteiger partial charge on any atom is 0.224 e. The lowest BCUT2D eigenvalue weighted by molar-refractivity contribution is -0.121. The van der Waals surface area contributed by atoms with Crippen LogP contribution in [0, 0.1) is 0 Å². The number of amides is 2. The van der Waals surface area contributed by atoms with Gasteiger partial charge >= 0.3 is 0 Å². The van der Waals surface area contributed by atoms with Crippen molar-refractivity contribution < 1.29 is 9.59 Å². The zero-order valence-electron chi connectivity index (χ0n) is 9.93. The number of hydrogen-bond donors (Lipinski definition) is 2. The van der Waals surface area contributed by atoms with Gasteiger partial charge in [-0.25, -0.2) is 0 Å². The molecule has 1 aromatic carbocycles. The predicted molar refractivity (Wildman–Crippen MR) is 71.9 cm³/mol. The van der Waals surface area contributed by atoms with Crippen molar-refractivity contribution in [2.45, 2.75) is 13.3 Å². The third kappa shape index (κ3) is 5.38. The summed E-state index contributed by atoms with van der Waals surface area (Å²) in [4.78, 5) is 22.2. The smallest absolute Gasteiger partial charge is 0.224 e.